The number of pyridine rings is 1. The number of carboxylic acids is 1. The van der Waals surface area contributed by atoms with E-state index in [1.54, 1.807) is 12.4 Å². The van der Waals surface area contributed by atoms with Gasteiger partial charge in [0.1, 0.15) is 5.52 Å². The molecule has 0 aliphatic carbocycles. The smallest absolute Gasteiger partial charge is 0.313 e. The Balaban J connectivity index is 2.31. The molecule has 0 saturated heterocycles. The fourth-order valence-corrected chi connectivity index (χ4v) is 3.44. The molecule has 5 nitrogen and oxygen atoms in total. The van der Waals surface area contributed by atoms with Crippen LogP contribution in [0.1, 0.15) is 6.92 Å². The lowest BCUT2D eigenvalue weighted by molar-refractivity contribution is -0.133. The van der Waals surface area contributed by atoms with E-state index in [1.807, 2.05) is 17.8 Å². The molecule has 0 saturated carbocycles. The molecule has 7 heteroatoms. The van der Waals surface area contributed by atoms with E-state index in [-0.39, 0.29) is 5.75 Å². The molecule has 1 unspecified atom stereocenters. The third-order valence-corrected chi connectivity index (χ3v) is 4.65. The van der Waals surface area contributed by atoms with Crippen molar-refractivity contribution in [2.45, 2.75) is 18.6 Å². The number of carbonyl (C=O) groups is 1. The summed E-state index contributed by atoms with van der Waals surface area (Å²) in [7, 11) is 0. The first-order chi connectivity index (χ1) is 9.61. The van der Waals surface area contributed by atoms with Crippen LogP contribution < -0.4 is 0 Å². The second-order valence-electron chi connectivity index (χ2n) is 4.61. The molecule has 2 aromatic heterocycles. The van der Waals surface area contributed by atoms with E-state index in [1.165, 1.54) is 11.8 Å². The Hall–Kier alpha value is -1.21. The van der Waals surface area contributed by atoms with Gasteiger partial charge in [0.25, 0.3) is 0 Å². The molecule has 0 aliphatic rings. The van der Waals surface area contributed by atoms with Crippen molar-refractivity contribution in [1.82, 2.24) is 14.5 Å². The van der Waals surface area contributed by atoms with Gasteiger partial charge in [-0.2, -0.15) is 11.8 Å². The molecule has 2 heterocycles. The first-order valence-corrected chi connectivity index (χ1v) is 8.63. The predicted octanol–water partition coefficient (Wildman–Crippen LogP) is 2.61. The summed E-state index contributed by atoms with van der Waals surface area (Å²) in [5.41, 5.74) is 1.83. The van der Waals surface area contributed by atoms with Crippen molar-refractivity contribution in [3.63, 3.8) is 0 Å². The number of fused-ring (bicyclic) bond motifs is 1. The fraction of sp³-hybridized carbons (Fsp3) is 0.462. The molecule has 0 spiro atoms. The first-order valence-electron chi connectivity index (χ1n) is 6.25. The molecule has 2 rings (SSSR count). The van der Waals surface area contributed by atoms with Crippen molar-refractivity contribution in [2.75, 3.05) is 17.8 Å². The average molecular weight is 311 g/mol. The molecule has 0 fully saturated rings. The number of hydrogen-bond acceptors (Lipinski definition) is 5. The number of rotatable bonds is 7. The summed E-state index contributed by atoms with van der Waals surface area (Å²) in [6.07, 6.45) is 5.55. The Morgan fingerprint density at radius 2 is 2.35 bits per heavy atom. The highest BCUT2D eigenvalue weighted by Crippen LogP contribution is 2.25. The highest BCUT2D eigenvalue weighted by atomic mass is 32.2. The summed E-state index contributed by atoms with van der Waals surface area (Å²) in [5.74, 6) is 0.755. The maximum Gasteiger partial charge on any atom is 0.313 e. The van der Waals surface area contributed by atoms with E-state index >= 15 is 0 Å². The molecule has 0 amide bonds. The minimum absolute atomic E-state index is 0.0215. The Kier molecular flexibility index (Phi) is 5.31. The molecule has 108 valence electrons. The minimum atomic E-state index is -0.830. The molecular weight excluding hydrogens is 294 g/mol. The van der Waals surface area contributed by atoms with Crippen LogP contribution in [0.4, 0.5) is 0 Å². The van der Waals surface area contributed by atoms with Crippen LogP contribution in [0.2, 0.25) is 0 Å². The molecule has 0 bridgehead atoms. The lowest BCUT2D eigenvalue weighted by Crippen LogP contribution is -2.11. The Morgan fingerprint density at radius 3 is 3.05 bits per heavy atom. The quantitative estimate of drug-likeness (QED) is 0.793. The van der Waals surface area contributed by atoms with E-state index in [0.29, 0.717) is 5.92 Å². The van der Waals surface area contributed by atoms with Crippen molar-refractivity contribution in [3.8, 4) is 0 Å². The van der Waals surface area contributed by atoms with Crippen molar-refractivity contribution in [3.05, 3.63) is 18.5 Å². The number of carboxylic acid groups (broad SMARTS) is 1. The maximum absolute atomic E-state index is 10.8. The van der Waals surface area contributed by atoms with Crippen molar-refractivity contribution < 1.29 is 9.90 Å². The topological polar surface area (TPSA) is 68.0 Å². The van der Waals surface area contributed by atoms with Gasteiger partial charge in [0, 0.05) is 12.7 Å². The van der Waals surface area contributed by atoms with Crippen LogP contribution in [0.25, 0.3) is 11.0 Å². The third-order valence-electron chi connectivity index (χ3n) is 2.79. The zero-order valence-corrected chi connectivity index (χ0v) is 13.1. The fourth-order valence-electron chi connectivity index (χ4n) is 2.02. The van der Waals surface area contributed by atoms with Crippen LogP contribution in [0.5, 0.6) is 0 Å². The molecule has 0 aliphatic heterocycles. The van der Waals surface area contributed by atoms with E-state index in [9.17, 15) is 4.79 Å². The van der Waals surface area contributed by atoms with Crippen LogP contribution in [-0.2, 0) is 11.3 Å². The number of hydrogen-bond donors (Lipinski definition) is 1. The van der Waals surface area contributed by atoms with Gasteiger partial charge in [-0.05, 0) is 24.0 Å². The average Bonchev–Trinajstić information content (AvgIpc) is 2.75. The van der Waals surface area contributed by atoms with Crippen LogP contribution >= 0.6 is 23.5 Å². The van der Waals surface area contributed by atoms with Gasteiger partial charge in [-0.15, -0.1) is 0 Å². The number of imidazole rings is 1. The molecular formula is C13H17N3O2S2. The number of aromatic nitrogens is 3. The zero-order chi connectivity index (χ0) is 14.5. The second kappa shape index (κ2) is 6.99. The van der Waals surface area contributed by atoms with Gasteiger partial charge in [-0.1, -0.05) is 18.7 Å². The highest BCUT2D eigenvalue weighted by molar-refractivity contribution is 7.99. The Labute approximate surface area is 126 Å². The van der Waals surface area contributed by atoms with Gasteiger partial charge in [-0.3, -0.25) is 9.78 Å². The van der Waals surface area contributed by atoms with E-state index in [0.717, 1.165) is 28.5 Å². The van der Waals surface area contributed by atoms with Gasteiger partial charge < -0.3 is 9.67 Å². The van der Waals surface area contributed by atoms with Crippen molar-refractivity contribution in [2.24, 2.45) is 5.92 Å². The van der Waals surface area contributed by atoms with Gasteiger partial charge in [-0.25, -0.2) is 4.98 Å². The molecule has 20 heavy (non-hydrogen) atoms. The SMILES string of the molecule is CSCC(C)Cn1c(SCC(=O)O)nc2cnccc21. The van der Waals surface area contributed by atoms with E-state index < -0.39 is 5.97 Å². The molecule has 0 radical (unpaired) electrons. The molecule has 1 atom stereocenters. The van der Waals surface area contributed by atoms with Crippen LogP contribution in [0.15, 0.2) is 23.6 Å². The van der Waals surface area contributed by atoms with Gasteiger partial charge in [0.2, 0.25) is 0 Å². The predicted molar refractivity (Wildman–Crippen MR) is 83.4 cm³/mol. The minimum Gasteiger partial charge on any atom is -0.481 e. The summed E-state index contributed by atoms with van der Waals surface area (Å²) in [6.45, 7) is 3.03. The lowest BCUT2D eigenvalue weighted by atomic mass is 10.2. The van der Waals surface area contributed by atoms with Crippen LogP contribution in [0, 0.1) is 5.92 Å². The van der Waals surface area contributed by atoms with Gasteiger partial charge in [0.15, 0.2) is 5.16 Å². The molecule has 2 aromatic rings. The Morgan fingerprint density at radius 1 is 1.55 bits per heavy atom. The summed E-state index contributed by atoms with van der Waals surface area (Å²) < 4.78 is 2.10. The first kappa shape index (κ1) is 15.2. The third kappa shape index (κ3) is 3.67. The van der Waals surface area contributed by atoms with Crippen molar-refractivity contribution in [1.29, 1.82) is 0 Å². The summed E-state index contributed by atoms with van der Waals surface area (Å²) in [6, 6.07) is 1.93. The number of aliphatic carboxylic acids is 1. The normalized spacial score (nSPS) is 12.7. The lowest BCUT2D eigenvalue weighted by Gasteiger charge is -2.13. The summed E-state index contributed by atoms with van der Waals surface area (Å²) in [4.78, 5) is 19.3. The standard InChI is InChI=1S/C13H17N3O2S2/c1-9(7-19-2)6-16-11-3-4-14-5-10(11)15-13(16)20-8-12(17)18/h3-5,9H,6-8H2,1-2H3,(H,17,18). The Bertz CT molecular complexity index is 600. The monoisotopic (exact) mass is 311 g/mol. The zero-order valence-electron chi connectivity index (χ0n) is 11.4. The summed E-state index contributed by atoms with van der Waals surface area (Å²) >= 11 is 3.07. The largest absolute Gasteiger partial charge is 0.481 e. The van der Waals surface area contributed by atoms with Gasteiger partial charge >= 0.3 is 5.97 Å². The molecule has 1 N–H and O–H groups in total. The van der Waals surface area contributed by atoms with Crippen LogP contribution in [-0.4, -0.2) is 43.4 Å². The molecule has 0 aromatic carbocycles. The van der Waals surface area contributed by atoms with E-state index in [4.69, 9.17) is 5.11 Å². The number of nitrogens with zero attached hydrogens (tertiary/aromatic N) is 3. The van der Waals surface area contributed by atoms with Crippen LogP contribution in [0.3, 0.4) is 0 Å². The van der Waals surface area contributed by atoms with Gasteiger partial charge in [0.05, 0.1) is 17.5 Å². The second-order valence-corrected chi connectivity index (χ2v) is 6.47. The number of thioether (sulfide) groups is 2. The maximum atomic E-state index is 10.8. The van der Waals surface area contributed by atoms with Crippen molar-refractivity contribution >= 4 is 40.5 Å². The highest BCUT2D eigenvalue weighted by Gasteiger charge is 2.14. The summed E-state index contributed by atoms with van der Waals surface area (Å²) in [5, 5.41) is 9.59. The van der Waals surface area contributed by atoms with E-state index in [2.05, 4.69) is 27.7 Å².